The van der Waals surface area contributed by atoms with Crippen molar-refractivity contribution in [1.82, 2.24) is 5.23 Å². The van der Waals surface area contributed by atoms with Gasteiger partial charge in [-0.25, -0.2) is 14.5 Å². The first-order valence-corrected chi connectivity index (χ1v) is 9.04. The van der Waals surface area contributed by atoms with E-state index in [2.05, 4.69) is 0 Å². The van der Waals surface area contributed by atoms with Crippen molar-refractivity contribution in [2.45, 2.75) is 65.1 Å². The van der Waals surface area contributed by atoms with Crippen molar-refractivity contribution in [3.8, 4) is 0 Å². The molecule has 7 heteroatoms. The molecular formula is C19H29NO6. The molecule has 26 heavy (non-hydrogen) atoms. The van der Waals surface area contributed by atoms with Crippen molar-refractivity contribution in [3.05, 3.63) is 35.9 Å². The maximum atomic E-state index is 12.5. The summed E-state index contributed by atoms with van der Waals surface area (Å²) in [4.78, 5) is 23.9. The molecule has 2 unspecified atom stereocenters. The normalized spacial score (nSPS) is 19.0. The second-order valence-electron chi connectivity index (χ2n) is 6.94. The molecule has 1 fully saturated rings. The minimum Gasteiger partial charge on any atom is -0.441 e. The lowest BCUT2D eigenvalue weighted by Crippen LogP contribution is -2.41. The Labute approximate surface area is 155 Å². The van der Waals surface area contributed by atoms with Crippen molar-refractivity contribution in [3.63, 3.8) is 0 Å². The SMILES string of the molecule is CCOC(ON(OC1CCCCO1)C(=O)OC(C)(C)C)c1ccccc1. The molecule has 0 N–H and O–H groups in total. The summed E-state index contributed by atoms with van der Waals surface area (Å²) in [6.45, 7) is 8.16. The zero-order chi connectivity index (χ0) is 19.0. The highest BCUT2D eigenvalue weighted by atomic mass is 17.0. The van der Waals surface area contributed by atoms with Gasteiger partial charge in [0.25, 0.3) is 0 Å². The third kappa shape index (κ3) is 6.92. The van der Waals surface area contributed by atoms with E-state index in [1.165, 1.54) is 0 Å². The van der Waals surface area contributed by atoms with Crippen LogP contribution in [0.1, 0.15) is 58.8 Å². The Morgan fingerprint density at radius 3 is 2.58 bits per heavy atom. The first-order valence-electron chi connectivity index (χ1n) is 9.04. The molecule has 2 atom stereocenters. The van der Waals surface area contributed by atoms with E-state index in [-0.39, 0.29) is 0 Å². The van der Waals surface area contributed by atoms with Crippen molar-refractivity contribution in [2.75, 3.05) is 13.2 Å². The molecule has 0 spiro atoms. The molecule has 1 aromatic carbocycles. The van der Waals surface area contributed by atoms with Gasteiger partial charge in [-0.15, -0.1) is 0 Å². The van der Waals surface area contributed by atoms with E-state index in [4.69, 9.17) is 23.9 Å². The molecule has 0 radical (unpaired) electrons. The van der Waals surface area contributed by atoms with Crippen molar-refractivity contribution >= 4 is 6.09 Å². The number of carbonyl (C=O) groups is 1. The molecule has 7 nitrogen and oxygen atoms in total. The smallest absolute Gasteiger partial charge is 0.441 e. The largest absolute Gasteiger partial charge is 0.460 e. The maximum absolute atomic E-state index is 12.5. The number of amides is 1. The Hall–Kier alpha value is -1.67. The number of ether oxygens (including phenoxy) is 3. The lowest BCUT2D eigenvalue weighted by molar-refractivity contribution is -0.435. The predicted molar refractivity (Wildman–Crippen MR) is 94.6 cm³/mol. The van der Waals surface area contributed by atoms with Crippen LogP contribution in [0, 0.1) is 0 Å². The minimum atomic E-state index is -0.808. The summed E-state index contributed by atoms with van der Waals surface area (Å²) in [6, 6.07) is 9.33. The van der Waals surface area contributed by atoms with Crippen LogP contribution >= 0.6 is 0 Å². The molecule has 0 aromatic heterocycles. The fraction of sp³-hybridized carbons (Fsp3) is 0.632. The van der Waals surface area contributed by atoms with Gasteiger partial charge in [-0.05, 0) is 45.8 Å². The van der Waals surface area contributed by atoms with Crippen molar-refractivity contribution in [1.29, 1.82) is 0 Å². The molecule has 2 rings (SSSR count). The van der Waals surface area contributed by atoms with E-state index >= 15 is 0 Å². The second kappa shape index (κ2) is 9.87. The van der Waals surface area contributed by atoms with Crippen LogP contribution in [0.15, 0.2) is 30.3 Å². The first kappa shape index (κ1) is 20.6. The number of rotatable bonds is 7. The van der Waals surface area contributed by atoms with Crippen LogP contribution < -0.4 is 0 Å². The van der Waals surface area contributed by atoms with Gasteiger partial charge in [0.05, 0.1) is 0 Å². The Balaban J connectivity index is 2.12. The van der Waals surface area contributed by atoms with Gasteiger partial charge in [-0.3, -0.25) is 0 Å². The first-order chi connectivity index (χ1) is 12.4. The highest BCUT2D eigenvalue weighted by molar-refractivity contribution is 5.65. The molecule has 0 saturated carbocycles. The lowest BCUT2D eigenvalue weighted by atomic mass is 10.2. The standard InChI is InChI=1S/C19H29NO6/c1-5-22-17(15-11-7-6-8-12-15)26-20(18(21)24-19(2,3)4)25-16-13-9-10-14-23-16/h6-8,11-12,16-17H,5,9-10,13-14H2,1-4H3. The minimum absolute atomic E-state index is 0.404. The van der Waals surface area contributed by atoms with E-state index in [0.29, 0.717) is 19.6 Å². The van der Waals surface area contributed by atoms with Gasteiger partial charge in [-0.1, -0.05) is 30.3 Å². The Morgan fingerprint density at radius 1 is 1.27 bits per heavy atom. The fourth-order valence-electron chi connectivity index (χ4n) is 2.35. The molecule has 1 aromatic rings. The summed E-state index contributed by atoms with van der Waals surface area (Å²) < 4.78 is 16.6. The summed E-state index contributed by atoms with van der Waals surface area (Å²) in [5.74, 6) is 0. The summed E-state index contributed by atoms with van der Waals surface area (Å²) in [6.07, 6.45) is 0.478. The average Bonchev–Trinajstić information content (AvgIpc) is 2.61. The number of carbonyl (C=O) groups excluding carboxylic acids is 1. The third-order valence-electron chi connectivity index (χ3n) is 3.48. The summed E-state index contributed by atoms with van der Waals surface area (Å²) >= 11 is 0. The molecule has 1 aliphatic rings. The van der Waals surface area contributed by atoms with Gasteiger partial charge in [0.1, 0.15) is 5.60 Å². The van der Waals surface area contributed by atoms with Crippen LogP contribution in [0.25, 0.3) is 0 Å². The molecule has 146 valence electrons. The number of nitrogens with zero attached hydrogens (tertiary/aromatic N) is 1. The Bertz CT molecular complexity index is 539. The quantitative estimate of drug-likeness (QED) is 0.527. The van der Waals surface area contributed by atoms with Crippen LogP contribution in [-0.2, 0) is 23.9 Å². The second-order valence-corrected chi connectivity index (χ2v) is 6.94. The zero-order valence-electron chi connectivity index (χ0n) is 16.0. The molecule has 0 aliphatic carbocycles. The molecule has 1 heterocycles. The highest BCUT2D eigenvalue weighted by Gasteiger charge is 2.31. The zero-order valence-corrected chi connectivity index (χ0v) is 16.0. The summed E-state index contributed by atoms with van der Waals surface area (Å²) in [7, 11) is 0. The van der Waals surface area contributed by atoms with Crippen LogP contribution in [0.3, 0.4) is 0 Å². The van der Waals surface area contributed by atoms with E-state index in [1.807, 2.05) is 37.3 Å². The Kier molecular flexibility index (Phi) is 7.84. The summed E-state index contributed by atoms with van der Waals surface area (Å²) in [5.41, 5.74) is 0.0691. The van der Waals surface area contributed by atoms with Crippen LogP contribution in [-0.4, -0.2) is 36.4 Å². The molecule has 1 saturated heterocycles. The van der Waals surface area contributed by atoms with Gasteiger partial charge >= 0.3 is 6.09 Å². The van der Waals surface area contributed by atoms with Gasteiger partial charge in [-0.2, -0.15) is 0 Å². The predicted octanol–water partition coefficient (Wildman–Crippen LogP) is 4.35. The van der Waals surface area contributed by atoms with E-state index in [1.54, 1.807) is 20.8 Å². The van der Waals surface area contributed by atoms with Crippen LogP contribution in [0.2, 0.25) is 0 Å². The summed E-state index contributed by atoms with van der Waals surface area (Å²) in [5, 5.41) is 0.745. The number of hydrogen-bond acceptors (Lipinski definition) is 6. The molecule has 1 amide bonds. The van der Waals surface area contributed by atoms with Crippen LogP contribution in [0.4, 0.5) is 4.79 Å². The van der Waals surface area contributed by atoms with Gasteiger partial charge in [0, 0.05) is 25.2 Å². The third-order valence-corrected chi connectivity index (χ3v) is 3.48. The fourth-order valence-corrected chi connectivity index (χ4v) is 2.35. The molecular weight excluding hydrogens is 338 g/mol. The number of benzene rings is 1. The van der Waals surface area contributed by atoms with Gasteiger partial charge in [0.15, 0.2) is 6.29 Å². The van der Waals surface area contributed by atoms with E-state index in [9.17, 15) is 4.79 Å². The topological polar surface area (TPSA) is 66.5 Å². The average molecular weight is 367 g/mol. The molecule has 0 bridgehead atoms. The monoisotopic (exact) mass is 367 g/mol. The van der Waals surface area contributed by atoms with Crippen LogP contribution in [0.5, 0.6) is 0 Å². The van der Waals surface area contributed by atoms with Gasteiger partial charge < -0.3 is 14.2 Å². The number of hydroxylamine groups is 2. The van der Waals surface area contributed by atoms with Crippen molar-refractivity contribution < 1.29 is 28.7 Å². The lowest BCUT2D eigenvalue weighted by Gasteiger charge is -2.31. The van der Waals surface area contributed by atoms with E-state index in [0.717, 1.165) is 23.6 Å². The number of hydrogen-bond donors (Lipinski definition) is 0. The molecule has 1 aliphatic heterocycles. The van der Waals surface area contributed by atoms with Gasteiger partial charge in [0.2, 0.25) is 6.29 Å². The van der Waals surface area contributed by atoms with Crippen molar-refractivity contribution in [2.24, 2.45) is 0 Å². The Morgan fingerprint density at radius 2 is 2.00 bits per heavy atom. The van der Waals surface area contributed by atoms with E-state index < -0.39 is 24.3 Å². The highest BCUT2D eigenvalue weighted by Crippen LogP contribution is 2.24. The maximum Gasteiger partial charge on any atom is 0.460 e.